The zero-order chi connectivity index (χ0) is 50.9. The largest absolute Gasteiger partial charge is 0.504 e. The number of hydrogen-bond acceptors (Lipinski definition) is 11. The average Bonchev–Trinajstić information content (AvgIpc) is 3.86. The highest BCUT2D eigenvalue weighted by atomic mass is 33.1. The van der Waals surface area contributed by atoms with Crippen molar-refractivity contribution in [2.24, 2.45) is 40.7 Å². The van der Waals surface area contributed by atoms with E-state index < -0.39 is 47.6 Å². The van der Waals surface area contributed by atoms with Gasteiger partial charge in [-0.15, -0.1) is 0 Å². The van der Waals surface area contributed by atoms with Crippen LogP contribution in [-0.2, 0) is 19.3 Å². The fraction of sp³-hybridized carbons (Fsp3) is 0.508. The number of dihydropyridines is 1. The van der Waals surface area contributed by atoms with Crippen LogP contribution < -0.4 is 15.8 Å². The van der Waals surface area contributed by atoms with Crippen molar-refractivity contribution in [3.63, 3.8) is 0 Å². The fourth-order valence-corrected chi connectivity index (χ4v) is 15.4. The summed E-state index contributed by atoms with van der Waals surface area (Å²) in [7, 11) is 3.26. The third kappa shape index (κ3) is 12.6. The summed E-state index contributed by atoms with van der Waals surface area (Å²) in [6.45, 7) is 2.57. The van der Waals surface area contributed by atoms with Crippen LogP contribution in [0.4, 0.5) is 0 Å². The van der Waals surface area contributed by atoms with Crippen LogP contribution in [0, 0.1) is 46.8 Å². The summed E-state index contributed by atoms with van der Waals surface area (Å²) in [5.74, 6) is 8.24. The lowest BCUT2D eigenvalue weighted by Crippen LogP contribution is -2.42. The molecule has 0 spiro atoms. The van der Waals surface area contributed by atoms with Crippen molar-refractivity contribution in [3.05, 3.63) is 154 Å². The van der Waals surface area contributed by atoms with E-state index in [9.17, 15) is 30.6 Å². The number of ether oxygens (including phenoxy) is 1. The molecule has 9 rings (SSSR count). The molecule has 10 N–H and O–H groups in total. The Balaban J connectivity index is 1.07. The molecule has 1 fully saturated rings. The van der Waals surface area contributed by atoms with Gasteiger partial charge >= 0.3 is 0 Å². The molecule has 5 aliphatic rings. The van der Waals surface area contributed by atoms with E-state index in [4.69, 9.17) is 10.5 Å². The molecule has 0 unspecified atom stereocenters. The molecule has 0 amide bonds. The van der Waals surface area contributed by atoms with Gasteiger partial charge in [0.25, 0.3) is 0 Å². The normalized spacial score (nSPS) is 30.2. The smallest absolute Gasteiger partial charge is 0.161 e. The number of phenolic OH excluding ortho intramolecular Hbond substituents is 1. The average molecular weight is 1030 g/mol. The maximum absolute atomic E-state index is 12.6. The quantitative estimate of drug-likeness (QED) is 0.0333. The molecular weight excluding hydrogens is 951 g/mol. The summed E-state index contributed by atoms with van der Waals surface area (Å²) in [5, 5.41) is 73.7. The third-order valence-corrected chi connectivity index (χ3v) is 19.3. The number of aryl methyl sites for hydroxylation is 1. The number of aromatic hydroxyl groups is 1. The minimum atomic E-state index is -1.06. The number of fused-ring (bicyclic) bond motifs is 5. The molecule has 10 nitrogen and oxygen atoms in total. The molecule has 2 aliphatic heterocycles. The Labute approximate surface area is 440 Å². The third-order valence-electron chi connectivity index (χ3n) is 16.9. The van der Waals surface area contributed by atoms with E-state index in [0.29, 0.717) is 62.4 Å². The van der Waals surface area contributed by atoms with Crippen LogP contribution in [0.3, 0.4) is 0 Å². The van der Waals surface area contributed by atoms with Crippen molar-refractivity contribution in [2.45, 2.75) is 127 Å². The zero-order valence-electron chi connectivity index (χ0n) is 42.4. The lowest BCUT2D eigenvalue weighted by atomic mass is 9.69. The van der Waals surface area contributed by atoms with Crippen molar-refractivity contribution >= 4 is 21.6 Å². The Kier molecular flexibility index (Phi) is 18.1. The fourth-order valence-electron chi connectivity index (χ4n) is 12.9. The van der Waals surface area contributed by atoms with Crippen molar-refractivity contribution in [3.8, 4) is 23.3 Å². The van der Waals surface area contributed by atoms with Crippen molar-refractivity contribution < 1.29 is 35.4 Å². The number of rotatable bonds is 14. The molecule has 12 heteroatoms. The second-order valence-electron chi connectivity index (χ2n) is 21.5. The van der Waals surface area contributed by atoms with Gasteiger partial charge in [0, 0.05) is 77.8 Å². The topological polar surface area (TPSA) is 184 Å². The molecule has 0 saturated carbocycles. The van der Waals surface area contributed by atoms with E-state index in [2.05, 4.69) is 108 Å². The van der Waals surface area contributed by atoms with E-state index in [1.54, 1.807) is 21.6 Å². The van der Waals surface area contributed by atoms with Crippen LogP contribution in [-0.4, -0.2) is 91.3 Å². The van der Waals surface area contributed by atoms with Crippen LogP contribution in [0.5, 0.6) is 11.5 Å². The summed E-state index contributed by atoms with van der Waals surface area (Å²) in [6.07, 6.45) is 12.1. The van der Waals surface area contributed by atoms with E-state index in [0.717, 1.165) is 72.9 Å². The Hall–Kier alpha value is -4.58. The van der Waals surface area contributed by atoms with Crippen LogP contribution >= 0.6 is 21.6 Å². The molecule has 0 bridgehead atoms. The standard InChI is InChI=1S/C61H77N3O7S2/c1-2-40-28-44-31-54(68)56(71-57-32-45(29-47-16-11-25-63-47)48-21-26-64-60(62)52(48)38-73-72-37-46(36-66)59(57)70)34-50(44)51-33-55(69)58-42(30-49(40)51)20-23-61(24-27-65,22-10-9-17-53(58)67)35-43(41-14-7-4-8-15-41)19-18-39-12-5-3-6-13-39/h3-8,11-16,21,25,30-31,34,40,42-43,45-46,51,53,55,57-59,63-70H,2,9-10,17-19,22,24,26-29,32-33,35-38,62H2,1H3/t40-,42-,43-,45+,46-,51-,53-,55+,57-,58+,59-,61-/m0/s1. The van der Waals surface area contributed by atoms with Gasteiger partial charge in [-0.25, -0.2) is 0 Å². The number of hydrogen-bond donors (Lipinski definition) is 9. The van der Waals surface area contributed by atoms with Crippen molar-refractivity contribution in [2.75, 3.05) is 31.3 Å². The van der Waals surface area contributed by atoms with Crippen molar-refractivity contribution in [1.29, 1.82) is 0 Å². The SMILES string of the molecule is CC[C@H]1Cc2cc(O)c(O[C@H]3C[C@@H](Cc4ccc[nH]4)C4=CCNC(N)=C4CSSC[C@H](CO)[C@@H]3O)cc2[C@H]2C[C@@H](O)[C@@H]3[C@@H](C#C[C@@](CCO)(C[C@H](CCc4ccccc4)c4ccccc4)CCCC[C@@H]3O)C=C12. The zero-order valence-corrected chi connectivity index (χ0v) is 44.0. The summed E-state index contributed by atoms with van der Waals surface area (Å²) >= 11 is 0. The Morgan fingerprint density at radius 2 is 1.74 bits per heavy atom. The lowest BCUT2D eigenvalue weighted by molar-refractivity contribution is -0.0214. The minimum absolute atomic E-state index is 0.0118. The molecule has 3 aliphatic carbocycles. The van der Waals surface area contributed by atoms with Gasteiger partial charge in [-0.3, -0.25) is 0 Å². The summed E-state index contributed by atoms with van der Waals surface area (Å²) in [4.78, 5) is 3.37. The molecule has 12 atom stereocenters. The molecule has 390 valence electrons. The van der Waals surface area contributed by atoms with Gasteiger partial charge in [-0.1, -0.05) is 132 Å². The van der Waals surface area contributed by atoms with Crippen LogP contribution in [0.1, 0.15) is 111 Å². The van der Waals surface area contributed by atoms with Crippen LogP contribution in [0.15, 0.2) is 126 Å². The highest BCUT2D eigenvalue weighted by Crippen LogP contribution is 2.51. The highest BCUT2D eigenvalue weighted by molar-refractivity contribution is 8.76. The number of allylic oxidation sites excluding steroid dienone is 3. The molecule has 73 heavy (non-hydrogen) atoms. The Bertz CT molecular complexity index is 2590. The number of H-pyrrole nitrogens is 1. The molecular formula is C61H77N3O7S2. The Morgan fingerprint density at radius 3 is 2.49 bits per heavy atom. The molecule has 3 aromatic carbocycles. The molecule has 1 saturated heterocycles. The van der Waals surface area contributed by atoms with Gasteiger partial charge in [0.15, 0.2) is 11.5 Å². The maximum atomic E-state index is 12.6. The number of aromatic amines is 1. The molecule has 4 aromatic rings. The summed E-state index contributed by atoms with van der Waals surface area (Å²) in [6, 6.07) is 29.2. The van der Waals surface area contributed by atoms with Gasteiger partial charge < -0.3 is 51.4 Å². The van der Waals surface area contributed by atoms with Gasteiger partial charge in [0.1, 0.15) is 11.9 Å². The first-order valence-electron chi connectivity index (χ1n) is 27.0. The minimum Gasteiger partial charge on any atom is -0.504 e. The maximum Gasteiger partial charge on any atom is 0.161 e. The van der Waals surface area contributed by atoms with Gasteiger partial charge in [0.2, 0.25) is 0 Å². The van der Waals surface area contributed by atoms with E-state index in [1.165, 1.54) is 16.7 Å². The van der Waals surface area contributed by atoms with E-state index in [-0.39, 0.29) is 48.4 Å². The summed E-state index contributed by atoms with van der Waals surface area (Å²) < 4.78 is 6.95. The van der Waals surface area contributed by atoms with Gasteiger partial charge in [-0.05, 0) is 140 Å². The predicted molar refractivity (Wildman–Crippen MR) is 295 cm³/mol. The number of aliphatic hydroxyl groups excluding tert-OH is 5. The number of phenols is 1. The highest BCUT2D eigenvalue weighted by Gasteiger charge is 2.44. The predicted octanol–water partition coefficient (Wildman–Crippen LogP) is 9.48. The molecule has 1 aromatic heterocycles. The van der Waals surface area contributed by atoms with Gasteiger partial charge in [-0.2, -0.15) is 0 Å². The Morgan fingerprint density at radius 1 is 0.932 bits per heavy atom. The van der Waals surface area contributed by atoms with E-state index in [1.807, 2.05) is 24.4 Å². The van der Waals surface area contributed by atoms with Crippen molar-refractivity contribution in [1.82, 2.24) is 10.3 Å². The molecule has 3 heterocycles. The van der Waals surface area contributed by atoms with Gasteiger partial charge in [0.05, 0.1) is 18.3 Å². The number of nitrogens with one attached hydrogen (secondary N) is 2. The first-order chi connectivity index (χ1) is 35.6. The molecule has 0 radical (unpaired) electrons. The second kappa shape index (κ2) is 24.8. The number of aliphatic hydroxyl groups is 5. The van der Waals surface area contributed by atoms with E-state index >= 15 is 0 Å². The first-order valence-corrected chi connectivity index (χ1v) is 29.5. The monoisotopic (exact) mass is 1030 g/mol. The summed E-state index contributed by atoms with van der Waals surface area (Å²) in [5.41, 5.74) is 15.1. The first kappa shape index (κ1) is 53.3. The number of nitrogens with two attached hydrogens (primary N) is 1. The van der Waals surface area contributed by atoms with Crippen LogP contribution in [0.25, 0.3) is 0 Å². The second-order valence-corrected chi connectivity index (χ2v) is 24.0. The lowest BCUT2D eigenvalue weighted by Gasteiger charge is -2.36. The van der Waals surface area contributed by atoms with Crippen LogP contribution in [0.2, 0.25) is 0 Å². The number of benzene rings is 3. The number of aromatic nitrogens is 1.